The lowest BCUT2D eigenvalue weighted by Gasteiger charge is -2.11. The van der Waals surface area contributed by atoms with Gasteiger partial charge in [0.25, 0.3) is 0 Å². The number of ether oxygens (including phenoxy) is 1. The molecule has 0 spiro atoms. The fraction of sp³-hybridized carbons (Fsp3) is 0.125. The Morgan fingerprint density at radius 3 is 2.43 bits per heavy atom. The first-order valence-corrected chi connectivity index (χ1v) is 8.24. The van der Waals surface area contributed by atoms with Gasteiger partial charge < -0.3 is 10.1 Å². The molecule has 2 rings (SSSR count). The Morgan fingerprint density at radius 1 is 1.09 bits per heavy atom. The molecule has 0 aliphatic rings. The van der Waals surface area contributed by atoms with E-state index in [-0.39, 0.29) is 11.7 Å². The summed E-state index contributed by atoms with van der Waals surface area (Å²) in [6.45, 7) is 0. The van der Waals surface area contributed by atoms with E-state index in [1.54, 1.807) is 7.11 Å². The van der Waals surface area contributed by atoms with Crippen LogP contribution in [0.25, 0.3) is 0 Å². The number of anilines is 1. The number of rotatable bonds is 5. The molecule has 0 aliphatic heterocycles. The number of methoxy groups -OCH3 is 1. The number of hydrogen-bond acceptors (Lipinski definition) is 4. The van der Waals surface area contributed by atoms with Crippen molar-refractivity contribution in [2.75, 3.05) is 18.2 Å². The molecule has 120 valence electrons. The van der Waals surface area contributed by atoms with Gasteiger partial charge in [-0.25, -0.2) is 0 Å². The van der Waals surface area contributed by atoms with E-state index in [2.05, 4.69) is 16.2 Å². The van der Waals surface area contributed by atoms with Crippen LogP contribution in [0.5, 0.6) is 5.75 Å². The molecular formula is C16H17N3O2S2. The summed E-state index contributed by atoms with van der Waals surface area (Å²) >= 11 is 6.53. The zero-order chi connectivity index (χ0) is 16.5. The van der Waals surface area contributed by atoms with Gasteiger partial charge in [-0.1, -0.05) is 18.2 Å². The summed E-state index contributed by atoms with van der Waals surface area (Å²) in [6, 6.07) is 17.0. The maximum absolute atomic E-state index is 11.8. The van der Waals surface area contributed by atoms with E-state index in [9.17, 15) is 4.79 Å². The monoisotopic (exact) mass is 347 g/mol. The van der Waals surface area contributed by atoms with Crippen molar-refractivity contribution >= 4 is 40.7 Å². The van der Waals surface area contributed by atoms with Crippen LogP contribution in [-0.2, 0) is 4.79 Å². The molecular weight excluding hydrogens is 330 g/mol. The second-order valence-electron chi connectivity index (χ2n) is 4.46. The molecule has 0 unspecified atom stereocenters. The predicted octanol–water partition coefficient (Wildman–Crippen LogP) is 2.81. The number of benzene rings is 2. The Morgan fingerprint density at radius 2 is 1.78 bits per heavy atom. The lowest BCUT2D eigenvalue weighted by atomic mass is 10.3. The minimum Gasteiger partial charge on any atom is -0.497 e. The quantitative estimate of drug-likeness (QED) is 0.439. The Hall–Kier alpha value is -2.25. The molecule has 0 radical (unpaired) electrons. The molecule has 0 aromatic heterocycles. The Kier molecular flexibility index (Phi) is 6.71. The van der Waals surface area contributed by atoms with Crippen molar-refractivity contribution in [3.8, 4) is 5.75 Å². The largest absolute Gasteiger partial charge is 0.497 e. The first kappa shape index (κ1) is 17.1. The molecule has 0 saturated heterocycles. The third-order valence-electron chi connectivity index (χ3n) is 2.78. The summed E-state index contributed by atoms with van der Waals surface area (Å²) in [7, 11) is 1.62. The van der Waals surface area contributed by atoms with Crippen LogP contribution in [0.1, 0.15) is 0 Å². The van der Waals surface area contributed by atoms with Gasteiger partial charge in [0.1, 0.15) is 5.75 Å². The van der Waals surface area contributed by atoms with Crippen LogP contribution in [0.15, 0.2) is 59.5 Å². The maximum atomic E-state index is 11.8. The number of hydrogen-bond donors (Lipinski definition) is 3. The van der Waals surface area contributed by atoms with Crippen molar-refractivity contribution < 1.29 is 9.53 Å². The highest BCUT2D eigenvalue weighted by Gasteiger charge is 2.04. The average molecular weight is 347 g/mol. The van der Waals surface area contributed by atoms with Crippen LogP contribution < -0.4 is 20.9 Å². The van der Waals surface area contributed by atoms with Gasteiger partial charge in [-0.05, 0) is 48.6 Å². The van der Waals surface area contributed by atoms with E-state index >= 15 is 0 Å². The minimum absolute atomic E-state index is 0.164. The molecule has 5 nitrogen and oxygen atoms in total. The van der Waals surface area contributed by atoms with Crippen molar-refractivity contribution in [2.45, 2.75) is 4.90 Å². The van der Waals surface area contributed by atoms with E-state index in [0.717, 1.165) is 16.3 Å². The summed E-state index contributed by atoms with van der Waals surface area (Å²) in [5.41, 5.74) is 6.08. The number of hydrazine groups is 1. The minimum atomic E-state index is -0.164. The van der Waals surface area contributed by atoms with Crippen molar-refractivity contribution in [2.24, 2.45) is 0 Å². The molecule has 0 fully saturated rings. The molecule has 2 aromatic rings. The van der Waals surface area contributed by atoms with Crippen molar-refractivity contribution in [1.82, 2.24) is 10.9 Å². The van der Waals surface area contributed by atoms with Gasteiger partial charge in [0, 0.05) is 10.6 Å². The third-order valence-corrected chi connectivity index (χ3v) is 3.99. The number of nitrogens with one attached hydrogen (secondary N) is 3. The SMILES string of the molecule is COc1ccc(SCC(=O)NNC(=S)Nc2ccccc2)cc1. The lowest BCUT2D eigenvalue weighted by molar-refractivity contribution is -0.119. The number of carbonyl (C=O) groups is 1. The fourth-order valence-electron chi connectivity index (χ4n) is 1.67. The highest BCUT2D eigenvalue weighted by Crippen LogP contribution is 2.20. The third kappa shape index (κ3) is 6.17. The van der Waals surface area contributed by atoms with Crippen molar-refractivity contribution in [1.29, 1.82) is 0 Å². The smallest absolute Gasteiger partial charge is 0.248 e. The van der Waals surface area contributed by atoms with Gasteiger partial charge in [-0.3, -0.25) is 15.6 Å². The first-order chi connectivity index (χ1) is 11.2. The summed E-state index contributed by atoms with van der Waals surface area (Å²) in [6.07, 6.45) is 0. The topological polar surface area (TPSA) is 62.4 Å². The van der Waals surface area contributed by atoms with Gasteiger partial charge in [-0.2, -0.15) is 0 Å². The predicted molar refractivity (Wildman–Crippen MR) is 97.7 cm³/mol. The van der Waals surface area contributed by atoms with Gasteiger partial charge in [0.15, 0.2) is 5.11 Å². The van der Waals surface area contributed by atoms with Crippen LogP contribution in [0.3, 0.4) is 0 Å². The molecule has 2 aromatic carbocycles. The summed E-state index contributed by atoms with van der Waals surface area (Å²) in [4.78, 5) is 12.8. The zero-order valence-electron chi connectivity index (χ0n) is 12.5. The second-order valence-corrected chi connectivity index (χ2v) is 5.91. The van der Waals surface area contributed by atoms with Crippen LogP contribution in [-0.4, -0.2) is 23.9 Å². The number of para-hydroxylation sites is 1. The van der Waals surface area contributed by atoms with Crippen LogP contribution >= 0.6 is 24.0 Å². The fourth-order valence-corrected chi connectivity index (χ4v) is 2.53. The molecule has 0 bridgehead atoms. The van der Waals surface area contributed by atoms with Crippen LogP contribution in [0, 0.1) is 0 Å². The number of thiocarbonyl (C=S) groups is 1. The van der Waals surface area contributed by atoms with E-state index in [1.807, 2.05) is 54.6 Å². The Labute approximate surface area is 144 Å². The summed E-state index contributed by atoms with van der Waals surface area (Å²) < 4.78 is 5.09. The van der Waals surface area contributed by atoms with Crippen molar-refractivity contribution in [3.05, 3.63) is 54.6 Å². The molecule has 0 heterocycles. The Balaban J connectivity index is 1.69. The van der Waals surface area contributed by atoms with E-state index in [1.165, 1.54) is 11.8 Å². The lowest BCUT2D eigenvalue weighted by Crippen LogP contribution is -2.44. The Bertz CT molecular complexity index is 648. The maximum Gasteiger partial charge on any atom is 0.248 e. The van der Waals surface area contributed by atoms with Crippen molar-refractivity contribution in [3.63, 3.8) is 0 Å². The van der Waals surface area contributed by atoms with Gasteiger partial charge in [-0.15, -0.1) is 11.8 Å². The van der Waals surface area contributed by atoms with E-state index < -0.39 is 0 Å². The zero-order valence-corrected chi connectivity index (χ0v) is 14.2. The second kappa shape index (κ2) is 9.02. The summed E-state index contributed by atoms with van der Waals surface area (Å²) in [5.74, 6) is 0.911. The molecule has 3 N–H and O–H groups in total. The normalized spacial score (nSPS) is 9.78. The molecule has 1 amide bonds. The first-order valence-electron chi connectivity index (χ1n) is 6.85. The van der Waals surface area contributed by atoms with E-state index in [4.69, 9.17) is 17.0 Å². The highest BCUT2D eigenvalue weighted by atomic mass is 32.2. The van der Waals surface area contributed by atoms with Gasteiger partial charge in [0.05, 0.1) is 12.9 Å². The number of amides is 1. The highest BCUT2D eigenvalue weighted by molar-refractivity contribution is 8.00. The average Bonchev–Trinajstić information content (AvgIpc) is 2.59. The standard InChI is InChI=1S/C16H17N3O2S2/c1-21-13-7-9-14(10-8-13)23-11-15(20)18-19-16(22)17-12-5-3-2-4-6-12/h2-10H,11H2,1H3,(H,18,20)(H2,17,19,22). The van der Waals surface area contributed by atoms with Gasteiger partial charge >= 0.3 is 0 Å². The molecule has 0 saturated carbocycles. The molecule has 0 atom stereocenters. The van der Waals surface area contributed by atoms with Crippen LogP contribution in [0.4, 0.5) is 5.69 Å². The molecule has 7 heteroatoms. The number of carbonyl (C=O) groups excluding carboxylic acids is 1. The van der Waals surface area contributed by atoms with Crippen LogP contribution in [0.2, 0.25) is 0 Å². The van der Waals surface area contributed by atoms with E-state index in [0.29, 0.717) is 5.11 Å². The molecule has 23 heavy (non-hydrogen) atoms. The molecule has 0 aliphatic carbocycles. The van der Waals surface area contributed by atoms with Gasteiger partial charge in [0.2, 0.25) is 5.91 Å². The summed E-state index contributed by atoms with van der Waals surface area (Å²) in [5, 5.41) is 3.30. The number of thioether (sulfide) groups is 1.